The summed E-state index contributed by atoms with van der Waals surface area (Å²) in [6.45, 7) is 3.02. The number of nitrogens with one attached hydrogen (secondary N) is 1. The zero-order valence-corrected chi connectivity index (χ0v) is 12.4. The molecule has 2 aromatic rings. The number of nitrogen functional groups attached to an aromatic ring is 1. The Balaban J connectivity index is 1.74. The molecule has 20 heavy (non-hydrogen) atoms. The van der Waals surface area contributed by atoms with Crippen LogP contribution in [0.15, 0.2) is 18.3 Å². The standard InChI is InChI=1S/C15H19N3OS/c1-9-4-2-5-10(9)8-18-14(19)13-12(16)11-6-3-7-17-15(11)20-13/h3,6-7,9-10H,2,4-5,8,16H2,1H3,(H,18,19). The van der Waals surface area contributed by atoms with E-state index in [1.807, 2.05) is 12.1 Å². The zero-order chi connectivity index (χ0) is 14.1. The SMILES string of the molecule is CC1CCCC1CNC(=O)c1sc2ncccc2c1N. The van der Waals surface area contributed by atoms with E-state index in [-0.39, 0.29) is 5.91 Å². The first kappa shape index (κ1) is 13.4. The smallest absolute Gasteiger partial charge is 0.263 e. The van der Waals surface area contributed by atoms with Gasteiger partial charge in [-0.05, 0) is 30.4 Å². The summed E-state index contributed by atoms with van der Waals surface area (Å²) in [5.74, 6) is 1.24. The van der Waals surface area contributed by atoms with Gasteiger partial charge in [-0.1, -0.05) is 19.8 Å². The summed E-state index contributed by atoms with van der Waals surface area (Å²) in [4.78, 5) is 18.0. The van der Waals surface area contributed by atoms with Crippen molar-refractivity contribution >= 4 is 33.1 Å². The minimum absolute atomic E-state index is 0.0652. The average Bonchev–Trinajstić information content (AvgIpc) is 3.01. The molecule has 4 nitrogen and oxygen atoms in total. The molecule has 2 atom stereocenters. The van der Waals surface area contributed by atoms with Gasteiger partial charge in [0.1, 0.15) is 9.71 Å². The van der Waals surface area contributed by atoms with Crippen LogP contribution in [-0.4, -0.2) is 17.4 Å². The van der Waals surface area contributed by atoms with Crippen LogP contribution in [0.2, 0.25) is 0 Å². The van der Waals surface area contributed by atoms with Gasteiger partial charge in [-0.25, -0.2) is 4.98 Å². The Hall–Kier alpha value is -1.62. The first-order chi connectivity index (χ1) is 9.66. The van der Waals surface area contributed by atoms with Crippen LogP contribution < -0.4 is 11.1 Å². The number of aromatic nitrogens is 1. The largest absolute Gasteiger partial charge is 0.397 e. The first-order valence-corrected chi connectivity index (χ1v) is 7.89. The highest BCUT2D eigenvalue weighted by molar-refractivity contribution is 7.21. The molecule has 3 N–H and O–H groups in total. The molecule has 1 aliphatic rings. The van der Waals surface area contributed by atoms with Crippen LogP contribution in [0.25, 0.3) is 10.2 Å². The Kier molecular flexibility index (Phi) is 3.61. The van der Waals surface area contributed by atoms with Crippen molar-refractivity contribution in [3.8, 4) is 0 Å². The van der Waals surface area contributed by atoms with Crippen molar-refractivity contribution in [2.24, 2.45) is 11.8 Å². The summed E-state index contributed by atoms with van der Waals surface area (Å²) in [5.41, 5.74) is 6.61. The summed E-state index contributed by atoms with van der Waals surface area (Å²) in [6, 6.07) is 3.75. The van der Waals surface area contributed by atoms with Crippen molar-refractivity contribution < 1.29 is 4.79 Å². The zero-order valence-electron chi connectivity index (χ0n) is 11.6. The number of hydrogen-bond donors (Lipinski definition) is 2. The first-order valence-electron chi connectivity index (χ1n) is 7.08. The van der Waals surface area contributed by atoms with Crippen molar-refractivity contribution in [3.63, 3.8) is 0 Å². The number of nitrogens with two attached hydrogens (primary N) is 1. The third-order valence-electron chi connectivity index (χ3n) is 4.27. The molecule has 0 aromatic carbocycles. The van der Waals surface area contributed by atoms with Crippen molar-refractivity contribution in [3.05, 3.63) is 23.2 Å². The van der Waals surface area contributed by atoms with E-state index in [2.05, 4.69) is 17.2 Å². The highest BCUT2D eigenvalue weighted by atomic mass is 32.1. The third kappa shape index (κ3) is 2.38. The van der Waals surface area contributed by atoms with E-state index in [9.17, 15) is 4.79 Å². The lowest BCUT2D eigenvalue weighted by Crippen LogP contribution is -2.30. The van der Waals surface area contributed by atoms with Crippen molar-refractivity contribution in [2.75, 3.05) is 12.3 Å². The van der Waals surface area contributed by atoms with Gasteiger partial charge >= 0.3 is 0 Å². The molecule has 106 valence electrons. The molecular weight excluding hydrogens is 270 g/mol. The molecule has 0 saturated heterocycles. The van der Waals surface area contributed by atoms with E-state index in [1.54, 1.807) is 6.20 Å². The molecule has 3 rings (SSSR count). The molecule has 1 saturated carbocycles. The molecular formula is C15H19N3OS. The second-order valence-electron chi connectivity index (χ2n) is 5.58. The number of anilines is 1. The van der Waals surface area contributed by atoms with E-state index < -0.39 is 0 Å². The summed E-state index contributed by atoms with van der Waals surface area (Å²) in [5, 5.41) is 3.91. The monoisotopic (exact) mass is 289 g/mol. The van der Waals surface area contributed by atoms with Gasteiger partial charge in [0.25, 0.3) is 5.91 Å². The number of carbonyl (C=O) groups excluding carboxylic acids is 1. The normalized spacial score (nSPS) is 22.2. The maximum atomic E-state index is 12.3. The fourth-order valence-corrected chi connectivity index (χ4v) is 3.93. The lowest BCUT2D eigenvalue weighted by Gasteiger charge is -2.15. The van der Waals surface area contributed by atoms with Crippen LogP contribution in [-0.2, 0) is 0 Å². The molecule has 1 aliphatic carbocycles. The highest BCUT2D eigenvalue weighted by Crippen LogP contribution is 2.33. The number of pyridine rings is 1. The number of fused-ring (bicyclic) bond motifs is 1. The quantitative estimate of drug-likeness (QED) is 0.912. The number of rotatable bonds is 3. The van der Waals surface area contributed by atoms with Crippen LogP contribution in [0, 0.1) is 11.8 Å². The fraction of sp³-hybridized carbons (Fsp3) is 0.467. The molecule has 2 heterocycles. The third-order valence-corrected chi connectivity index (χ3v) is 5.40. The predicted molar refractivity (Wildman–Crippen MR) is 82.9 cm³/mol. The fourth-order valence-electron chi connectivity index (χ4n) is 2.95. The second-order valence-corrected chi connectivity index (χ2v) is 6.58. The molecule has 2 aromatic heterocycles. The van der Waals surface area contributed by atoms with E-state index in [0.29, 0.717) is 22.4 Å². The number of nitrogens with zero attached hydrogens (tertiary/aromatic N) is 1. The minimum atomic E-state index is -0.0652. The predicted octanol–water partition coefficient (Wildman–Crippen LogP) is 3.04. The molecule has 1 fully saturated rings. The van der Waals surface area contributed by atoms with Crippen molar-refractivity contribution in [1.82, 2.24) is 10.3 Å². The van der Waals surface area contributed by atoms with Crippen molar-refractivity contribution in [1.29, 1.82) is 0 Å². The van der Waals surface area contributed by atoms with Gasteiger partial charge in [0.05, 0.1) is 5.69 Å². The highest BCUT2D eigenvalue weighted by Gasteiger charge is 2.24. The van der Waals surface area contributed by atoms with Gasteiger partial charge in [-0.3, -0.25) is 4.79 Å². The van der Waals surface area contributed by atoms with Gasteiger partial charge < -0.3 is 11.1 Å². The van der Waals surface area contributed by atoms with Gasteiger partial charge in [0.15, 0.2) is 0 Å². The molecule has 0 aliphatic heterocycles. The van der Waals surface area contributed by atoms with Gasteiger partial charge in [0.2, 0.25) is 0 Å². The molecule has 0 radical (unpaired) electrons. The Bertz CT molecular complexity index is 637. The molecule has 0 spiro atoms. The molecule has 2 unspecified atom stereocenters. The summed E-state index contributed by atoms with van der Waals surface area (Å²) < 4.78 is 0. The van der Waals surface area contributed by atoms with Gasteiger partial charge in [-0.2, -0.15) is 0 Å². The molecule has 5 heteroatoms. The van der Waals surface area contributed by atoms with Crippen LogP contribution >= 0.6 is 11.3 Å². The lowest BCUT2D eigenvalue weighted by molar-refractivity contribution is 0.0949. The van der Waals surface area contributed by atoms with E-state index in [4.69, 9.17) is 5.73 Å². The Labute approximate surface area is 122 Å². The maximum Gasteiger partial charge on any atom is 0.263 e. The second kappa shape index (κ2) is 5.40. The van der Waals surface area contributed by atoms with E-state index in [1.165, 1.54) is 30.6 Å². The van der Waals surface area contributed by atoms with E-state index >= 15 is 0 Å². The van der Waals surface area contributed by atoms with Gasteiger partial charge in [-0.15, -0.1) is 11.3 Å². The van der Waals surface area contributed by atoms with Crippen LogP contribution in [0.3, 0.4) is 0 Å². The topological polar surface area (TPSA) is 68.0 Å². The summed E-state index contributed by atoms with van der Waals surface area (Å²) in [7, 11) is 0. The van der Waals surface area contributed by atoms with Crippen LogP contribution in [0.4, 0.5) is 5.69 Å². The number of carbonyl (C=O) groups is 1. The summed E-state index contributed by atoms with van der Waals surface area (Å²) in [6.07, 6.45) is 5.48. The Morgan fingerprint density at radius 3 is 3.10 bits per heavy atom. The van der Waals surface area contributed by atoms with E-state index in [0.717, 1.165) is 16.8 Å². The lowest BCUT2D eigenvalue weighted by atomic mass is 9.98. The van der Waals surface area contributed by atoms with Crippen LogP contribution in [0.5, 0.6) is 0 Å². The number of hydrogen-bond acceptors (Lipinski definition) is 4. The minimum Gasteiger partial charge on any atom is -0.397 e. The molecule has 0 bridgehead atoms. The average molecular weight is 289 g/mol. The van der Waals surface area contributed by atoms with Gasteiger partial charge in [0, 0.05) is 18.1 Å². The number of amides is 1. The molecule has 1 amide bonds. The Morgan fingerprint density at radius 1 is 1.55 bits per heavy atom. The number of thiophene rings is 1. The Morgan fingerprint density at radius 2 is 2.40 bits per heavy atom. The maximum absolute atomic E-state index is 12.3. The van der Waals surface area contributed by atoms with Crippen molar-refractivity contribution in [2.45, 2.75) is 26.2 Å². The summed E-state index contributed by atoms with van der Waals surface area (Å²) >= 11 is 1.37. The van der Waals surface area contributed by atoms with Crippen LogP contribution in [0.1, 0.15) is 35.9 Å².